The van der Waals surface area contributed by atoms with Gasteiger partial charge in [-0.3, -0.25) is 0 Å². The van der Waals surface area contributed by atoms with Gasteiger partial charge in [-0.2, -0.15) is 4.52 Å². The predicted octanol–water partition coefficient (Wildman–Crippen LogP) is 4.12. The van der Waals surface area contributed by atoms with Crippen LogP contribution in [0.4, 0.5) is 11.5 Å². The number of rotatable bonds is 5. The van der Waals surface area contributed by atoms with Crippen LogP contribution in [0.15, 0.2) is 60.7 Å². The molecular weight excluding hydrogens is 350 g/mol. The van der Waals surface area contributed by atoms with Gasteiger partial charge in [-0.05, 0) is 48.0 Å². The van der Waals surface area contributed by atoms with E-state index in [1.165, 1.54) is 0 Å². The highest BCUT2D eigenvalue weighted by molar-refractivity contribution is 6.30. The van der Waals surface area contributed by atoms with Crippen LogP contribution in [0.2, 0.25) is 5.02 Å². The molecule has 7 heteroatoms. The van der Waals surface area contributed by atoms with E-state index < -0.39 is 0 Å². The number of methoxy groups -OCH3 is 1. The molecule has 26 heavy (non-hydrogen) atoms. The fraction of sp³-hybridized carbons (Fsp3) is 0.105. The molecule has 1 N–H and O–H groups in total. The average molecular weight is 366 g/mol. The molecule has 4 rings (SSSR count). The molecule has 0 radical (unpaired) electrons. The Morgan fingerprint density at radius 2 is 1.92 bits per heavy atom. The fourth-order valence-electron chi connectivity index (χ4n) is 2.69. The molecule has 0 saturated carbocycles. The van der Waals surface area contributed by atoms with Gasteiger partial charge in [0.05, 0.1) is 7.11 Å². The van der Waals surface area contributed by atoms with E-state index in [9.17, 15) is 0 Å². The van der Waals surface area contributed by atoms with Gasteiger partial charge in [0.1, 0.15) is 5.75 Å². The standard InChI is InChI=1S/C19H16ClN5O/c1-26-16-7-2-4-13(10-16)11-19-23-22-18-9-8-17(24-25(18)19)21-15-6-3-5-14(20)12-15/h2-10,12H,11H2,1H3,(H,21,24). The van der Waals surface area contributed by atoms with E-state index in [0.29, 0.717) is 22.9 Å². The smallest absolute Gasteiger partial charge is 0.178 e. The summed E-state index contributed by atoms with van der Waals surface area (Å²) in [4.78, 5) is 0. The second kappa shape index (κ2) is 7.01. The largest absolute Gasteiger partial charge is 0.497 e. The second-order valence-electron chi connectivity index (χ2n) is 5.77. The zero-order valence-corrected chi connectivity index (χ0v) is 14.8. The summed E-state index contributed by atoms with van der Waals surface area (Å²) in [7, 11) is 1.65. The minimum atomic E-state index is 0.603. The summed E-state index contributed by atoms with van der Waals surface area (Å²) in [6, 6.07) is 19.1. The van der Waals surface area contributed by atoms with Crippen LogP contribution in [0.1, 0.15) is 11.4 Å². The first-order chi connectivity index (χ1) is 12.7. The maximum Gasteiger partial charge on any atom is 0.178 e. The minimum absolute atomic E-state index is 0.603. The highest BCUT2D eigenvalue weighted by Gasteiger charge is 2.09. The summed E-state index contributed by atoms with van der Waals surface area (Å²) in [5, 5.41) is 17.0. The molecule has 0 atom stereocenters. The lowest BCUT2D eigenvalue weighted by Gasteiger charge is -2.07. The summed E-state index contributed by atoms with van der Waals surface area (Å²) in [6.45, 7) is 0. The van der Waals surface area contributed by atoms with E-state index in [2.05, 4.69) is 20.6 Å². The molecule has 0 amide bonds. The normalized spacial score (nSPS) is 10.8. The van der Waals surface area contributed by atoms with Crippen molar-refractivity contribution in [2.24, 2.45) is 0 Å². The zero-order valence-electron chi connectivity index (χ0n) is 14.1. The first-order valence-electron chi connectivity index (χ1n) is 8.08. The molecular formula is C19H16ClN5O. The van der Waals surface area contributed by atoms with Crippen LogP contribution >= 0.6 is 11.6 Å². The lowest BCUT2D eigenvalue weighted by molar-refractivity contribution is 0.414. The summed E-state index contributed by atoms with van der Waals surface area (Å²) in [5.74, 6) is 2.25. The average Bonchev–Trinajstić information content (AvgIpc) is 3.04. The molecule has 6 nitrogen and oxygen atoms in total. The number of benzene rings is 2. The molecule has 2 heterocycles. The molecule has 0 spiro atoms. The number of aromatic nitrogens is 4. The summed E-state index contributed by atoms with van der Waals surface area (Å²) in [6.07, 6.45) is 0.603. The first kappa shape index (κ1) is 16.4. The van der Waals surface area contributed by atoms with Crippen molar-refractivity contribution in [2.75, 3.05) is 12.4 Å². The first-order valence-corrected chi connectivity index (χ1v) is 8.46. The van der Waals surface area contributed by atoms with Gasteiger partial charge in [0, 0.05) is 17.1 Å². The van der Waals surface area contributed by atoms with Gasteiger partial charge in [0.25, 0.3) is 0 Å². The maximum absolute atomic E-state index is 6.03. The quantitative estimate of drug-likeness (QED) is 0.576. The lowest BCUT2D eigenvalue weighted by atomic mass is 10.1. The monoisotopic (exact) mass is 365 g/mol. The van der Waals surface area contributed by atoms with Gasteiger partial charge in [0.2, 0.25) is 0 Å². The van der Waals surface area contributed by atoms with Crippen LogP contribution in [-0.2, 0) is 6.42 Å². The fourth-order valence-corrected chi connectivity index (χ4v) is 2.88. The van der Waals surface area contributed by atoms with Crippen LogP contribution in [0.5, 0.6) is 5.75 Å². The van der Waals surface area contributed by atoms with Crippen molar-refractivity contribution in [3.63, 3.8) is 0 Å². The predicted molar refractivity (Wildman–Crippen MR) is 101 cm³/mol. The van der Waals surface area contributed by atoms with Crippen molar-refractivity contribution in [3.8, 4) is 5.75 Å². The Balaban J connectivity index is 1.64. The molecule has 0 bridgehead atoms. The Morgan fingerprint density at radius 1 is 1.04 bits per heavy atom. The van der Waals surface area contributed by atoms with Crippen molar-refractivity contribution in [3.05, 3.63) is 77.1 Å². The number of fused-ring (bicyclic) bond motifs is 1. The number of ether oxygens (including phenoxy) is 1. The minimum Gasteiger partial charge on any atom is -0.497 e. The SMILES string of the molecule is COc1cccc(Cc2nnc3ccc(Nc4cccc(Cl)c4)nn23)c1. The van der Waals surface area contributed by atoms with Gasteiger partial charge in [-0.15, -0.1) is 15.3 Å². The van der Waals surface area contributed by atoms with Crippen LogP contribution in [-0.4, -0.2) is 26.9 Å². The highest BCUT2D eigenvalue weighted by Crippen LogP contribution is 2.20. The third kappa shape index (κ3) is 3.45. The topological polar surface area (TPSA) is 64.3 Å². The number of nitrogens with one attached hydrogen (secondary N) is 1. The number of anilines is 2. The molecule has 2 aromatic carbocycles. The van der Waals surface area contributed by atoms with Crippen molar-refractivity contribution in [1.29, 1.82) is 0 Å². The molecule has 0 aliphatic rings. The van der Waals surface area contributed by atoms with Gasteiger partial charge in [-0.25, -0.2) is 0 Å². The summed E-state index contributed by atoms with van der Waals surface area (Å²) < 4.78 is 7.02. The Kier molecular flexibility index (Phi) is 4.41. The second-order valence-corrected chi connectivity index (χ2v) is 6.20. The molecule has 130 valence electrons. The van der Waals surface area contributed by atoms with E-state index in [0.717, 1.165) is 22.8 Å². The third-order valence-electron chi connectivity index (χ3n) is 3.92. The Bertz CT molecular complexity index is 1060. The molecule has 0 saturated heterocycles. The summed E-state index contributed by atoms with van der Waals surface area (Å²) >= 11 is 6.03. The van der Waals surface area contributed by atoms with E-state index in [1.54, 1.807) is 11.6 Å². The van der Waals surface area contributed by atoms with Crippen molar-refractivity contribution in [2.45, 2.75) is 6.42 Å². The Morgan fingerprint density at radius 3 is 2.77 bits per heavy atom. The number of hydrogen-bond donors (Lipinski definition) is 1. The maximum atomic E-state index is 6.03. The van der Waals surface area contributed by atoms with Crippen LogP contribution in [0, 0.1) is 0 Å². The van der Waals surface area contributed by atoms with Crippen LogP contribution < -0.4 is 10.1 Å². The van der Waals surface area contributed by atoms with Gasteiger partial charge in [0.15, 0.2) is 17.3 Å². The van der Waals surface area contributed by atoms with Crippen molar-refractivity contribution < 1.29 is 4.74 Å². The van der Waals surface area contributed by atoms with Crippen molar-refractivity contribution >= 4 is 28.8 Å². The molecule has 2 aromatic heterocycles. The molecule has 0 aliphatic carbocycles. The lowest BCUT2D eigenvalue weighted by Crippen LogP contribution is -2.03. The van der Waals surface area contributed by atoms with E-state index >= 15 is 0 Å². The number of nitrogens with zero attached hydrogens (tertiary/aromatic N) is 4. The van der Waals surface area contributed by atoms with E-state index in [4.69, 9.17) is 16.3 Å². The Hall–Kier alpha value is -3.12. The highest BCUT2D eigenvalue weighted by atomic mass is 35.5. The van der Waals surface area contributed by atoms with Gasteiger partial charge < -0.3 is 10.1 Å². The van der Waals surface area contributed by atoms with Crippen LogP contribution in [0.25, 0.3) is 5.65 Å². The molecule has 0 aliphatic heterocycles. The van der Waals surface area contributed by atoms with E-state index in [1.807, 2.05) is 60.7 Å². The molecule has 0 fully saturated rings. The third-order valence-corrected chi connectivity index (χ3v) is 4.16. The zero-order chi connectivity index (χ0) is 17.9. The van der Waals surface area contributed by atoms with Gasteiger partial charge in [-0.1, -0.05) is 29.8 Å². The Labute approximate surface area is 155 Å². The molecule has 0 unspecified atom stereocenters. The summed E-state index contributed by atoms with van der Waals surface area (Å²) in [5.41, 5.74) is 2.64. The van der Waals surface area contributed by atoms with Gasteiger partial charge >= 0.3 is 0 Å². The molecule has 4 aromatic rings. The van der Waals surface area contributed by atoms with E-state index in [-0.39, 0.29) is 0 Å². The number of hydrogen-bond acceptors (Lipinski definition) is 5. The number of halogens is 1. The van der Waals surface area contributed by atoms with Crippen LogP contribution in [0.3, 0.4) is 0 Å². The van der Waals surface area contributed by atoms with Crippen molar-refractivity contribution in [1.82, 2.24) is 19.8 Å².